The third kappa shape index (κ3) is 3.68. The Kier molecular flexibility index (Phi) is 4.88. The number of pyridine rings is 1. The average Bonchev–Trinajstić information content (AvgIpc) is 3.12. The highest BCUT2D eigenvalue weighted by Gasteiger charge is 2.20. The van der Waals surface area contributed by atoms with E-state index in [1.165, 1.54) is 20.0 Å². The zero-order valence-corrected chi connectivity index (χ0v) is 13.2. The number of anilines is 2. The number of benzene rings is 1. The number of rotatable bonds is 5. The number of carbonyl (C=O) groups is 1. The van der Waals surface area contributed by atoms with Gasteiger partial charge in [-0.15, -0.1) is 0 Å². The smallest absolute Gasteiger partial charge is 0.259 e. The zero-order chi connectivity index (χ0) is 16.1. The summed E-state index contributed by atoms with van der Waals surface area (Å²) in [6, 6.07) is 13.3. The van der Waals surface area contributed by atoms with Gasteiger partial charge >= 0.3 is 0 Å². The highest BCUT2D eigenvalue weighted by molar-refractivity contribution is 5.94. The van der Waals surface area contributed by atoms with Crippen LogP contribution in [0.1, 0.15) is 24.5 Å². The number of hydrogen-bond acceptors (Lipinski definition) is 4. The number of aromatic nitrogens is 1. The van der Waals surface area contributed by atoms with E-state index in [1.54, 1.807) is 0 Å². The average molecular weight is 311 g/mol. The van der Waals surface area contributed by atoms with Gasteiger partial charge in [0.2, 0.25) is 0 Å². The first-order chi connectivity index (χ1) is 11.3. The minimum atomic E-state index is -0.642. The van der Waals surface area contributed by atoms with Crippen LogP contribution in [0, 0.1) is 0 Å². The van der Waals surface area contributed by atoms with Crippen LogP contribution in [0.15, 0.2) is 48.7 Å². The Labute approximate surface area is 136 Å². The molecule has 3 rings (SSSR count). The summed E-state index contributed by atoms with van der Waals surface area (Å²) in [4.78, 5) is 19.0. The number of ether oxygens (including phenoxy) is 1. The number of methoxy groups -OCH3 is 1. The minimum Gasteiger partial charge on any atom is -0.370 e. The summed E-state index contributed by atoms with van der Waals surface area (Å²) in [6.07, 6.45) is 3.62. The maximum absolute atomic E-state index is 12.4. The molecule has 2 aromatic rings. The van der Waals surface area contributed by atoms with Gasteiger partial charge in [0.25, 0.3) is 5.91 Å². The van der Waals surface area contributed by atoms with Crippen LogP contribution in [0.5, 0.6) is 0 Å². The van der Waals surface area contributed by atoms with Crippen molar-refractivity contribution >= 4 is 17.4 Å². The van der Waals surface area contributed by atoms with E-state index >= 15 is 0 Å². The summed E-state index contributed by atoms with van der Waals surface area (Å²) in [6.45, 7) is 2.15. The van der Waals surface area contributed by atoms with Crippen molar-refractivity contribution in [1.29, 1.82) is 0 Å². The fourth-order valence-corrected chi connectivity index (χ4v) is 2.84. The highest BCUT2D eigenvalue weighted by Crippen LogP contribution is 2.22. The molecule has 0 aliphatic carbocycles. The predicted octanol–water partition coefficient (Wildman–Crippen LogP) is 3.01. The first kappa shape index (κ1) is 15.5. The summed E-state index contributed by atoms with van der Waals surface area (Å²) in [5.41, 5.74) is 1.92. The van der Waals surface area contributed by atoms with Crippen LogP contribution in [-0.4, -0.2) is 31.1 Å². The van der Waals surface area contributed by atoms with Crippen molar-refractivity contribution in [2.45, 2.75) is 18.9 Å². The van der Waals surface area contributed by atoms with Crippen molar-refractivity contribution in [3.63, 3.8) is 0 Å². The Morgan fingerprint density at radius 1 is 1.17 bits per heavy atom. The Balaban J connectivity index is 1.67. The molecule has 1 aromatic carbocycles. The van der Waals surface area contributed by atoms with Crippen LogP contribution in [0.25, 0.3) is 0 Å². The molecule has 23 heavy (non-hydrogen) atoms. The second-order valence-corrected chi connectivity index (χ2v) is 5.61. The summed E-state index contributed by atoms with van der Waals surface area (Å²) in [5, 5.41) is 2.82. The van der Waals surface area contributed by atoms with Gasteiger partial charge in [-0.1, -0.05) is 30.3 Å². The van der Waals surface area contributed by atoms with E-state index in [0.717, 1.165) is 24.3 Å². The molecule has 1 aliphatic heterocycles. The molecule has 0 bridgehead atoms. The maximum Gasteiger partial charge on any atom is 0.259 e. The van der Waals surface area contributed by atoms with E-state index in [4.69, 9.17) is 4.74 Å². The highest BCUT2D eigenvalue weighted by atomic mass is 16.5. The summed E-state index contributed by atoms with van der Waals surface area (Å²) in [5.74, 6) is 0.316. The van der Waals surface area contributed by atoms with Crippen LogP contribution in [0.2, 0.25) is 0 Å². The molecule has 1 atom stereocenters. The fraction of sp³-hybridized carbons (Fsp3) is 0.333. The molecule has 0 saturated carbocycles. The van der Waals surface area contributed by atoms with E-state index in [-0.39, 0.29) is 5.91 Å². The number of carbonyl (C=O) groups excluding carboxylic acids is 1. The van der Waals surface area contributed by atoms with Gasteiger partial charge in [-0.3, -0.25) is 4.79 Å². The lowest BCUT2D eigenvalue weighted by Crippen LogP contribution is -2.23. The lowest BCUT2D eigenvalue weighted by atomic mass is 10.1. The zero-order valence-electron chi connectivity index (χ0n) is 13.2. The van der Waals surface area contributed by atoms with E-state index in [0.29, 0.717) is 5.82 Å². The molecule has 1 N–H and O–H groups in total. The second kappa shape index (κ2) is 7.24. The summed E-state index contributed by atoms with van der Waals surface area (Å²) < 4.78 is 5.33. The standard InChI is InChI=1S/C18H21N3O2/c1-23-17(14-7-3-2-4-8-14)18(22)20-16-10-9-15(13-19-16)21-11-5-6-12-21/h2-4,7-10,13,17H,5-6,11-12H2,1H3,(H,19,20,22). The van der Waals surface area contributed by atoms with Crippen molar-refractivity contribution in [2.75, 3.05) is 30.4 Å². The van der Waals surface area contributed by atoms with Crippen LogP contribution < -0.4 is 10.2 Å². The molecule has 1 aliphatic rings. The van der Waals surface area contributed by atoms with Crippen molar-refractivity contribution in [3.05, 3.63) is 54.2 Å². The maximum atomic E-state index is 12.4. The second-order valence-electron chi connectivity index (χ2n) is 5.61. The normalized spacial score (nSPS) is 15.4. The van der Waals surface area contributed by atoms with Crippen LogP contribution >= 0.6 is 0 Å². The first-order valence-corrected chi connectivity index (χ1v) is 7.87. The van der Waals surface area contributed by atoms with Crippen LogP contribution in [0.3, 0.4) is 0 Å². The minimum absolute atomic E-state index is 0.222. The molecule has 0 radical (unpaired) electrons. The molecule has 5 nitrogen and oxygen atoms in total. The molecule has 120 valence electrons. The van der Waals surface area contributed by atoms with E-state index in [1.807, 2.05) is 48.7 Å². The Morgan fingerprint density at radius 3 is 2.52 bits per heavy atom. The molecule has 1 amide bonds. The molecule has 2 heterocycles. The third-order valence-electron chi connectivity index (χ3n) is 4.05. The van der Waals surface area contributed by atoms with Crippen molar-refractivity contribution in [1.82, 2.24) is 4.98 Å². The van der Waals surface area contributed by atoms with Gasteiger partial charge in [-0.25, -0.2) is 4.98 Å². The molecule has 1 saturated heterocycles. The van der Waals surface area contributed by atoms with Crippen molar-refractivity contribution in [3.8, 4) is 0 Å². The first-order valence-electron chi connectivity index (χ1n) is 7.87. The van der Waals surface area contributed by atoms with Gasteiger partial charge in [0.15, 0.2) is 6.10 Å². The van der Waals surface area contributed by atoms with Crippen molar-refractivity contribution < 1.29 is 9.53 Å². The molecule has 1 fully saturated rings. The fourth-order valence-electron chi connectivity index (χ4n) is 2.84. The van der Waals surface area contributed by atoms with Crippen molar-refractivity contribution in [2.24, 2.45) is 0 Å². The SMILES string of the molecule is COC(C(=O)Nc1ccc(N2CCCC2)cn1)c1ccccc1. The van der Waals surface area contributed by atoms with Crippen LogP contribution in [-0.2, 0) is 9.53 Å². The number of nitrogens with zero attached hydrogens (tertiary/aromatic N) is 2. The van der Waals surface area contributed by atoms with E-state index < -0.39 is 6.10 Å². The molecule has 1 aromatic heterocycles. The van der Waals surface area contributed by atoms with Gasteiger partial charge < -0.3 is 15.0 Å². The topological polar surface area (TPSA) is 54.5 Å². The van der Waals surface area contributed by atoms with Gasteiger partial charge in [0.1, 0.15) is 5.82 Å². The number of amides is 1. The molecule has 1 unspecified atom stereocenters. The lowest BCUT2D eigenvalue weighted by molar-refractivity contribution is -0.126. The molecular formula is C18H21N3O2. The molecule has 0 spiro atoms. The monoisotopic (exact) mass is 311 g/mol. The Bertz CT molecular complexity index is 637. The number of nitrogens with one attached hydrogen (secondary N) is 1. The summed E-state index contributed by atoms with van der Waals surface area (Å²) in [7, 11) is 1.53. The molecular weight excluding hydrogens is 290 g/mol. The largest absolute Gasteiger partial charge is 0.370 e. The third-order valence-corrected chi connectivity index (χ3v) is 4.05. The van der Waals surface area contributed by atoms with Crippen LogP contribution in [0.4, 0.5) is 11.5 Å². The quantitative estimate of drug-likeness (QED) is 0.922. The van der Waals surface area contributed by atoms with Gasteiger partial charge in [0.05, 0.1) is 11.9 Å². The lowest BCUT2D eigenvalue weighted by Gasteiger charge is -2.18. The predicted molar refractivity (Wildman–Crippen MR) is 90.5 cm³/mol. The Hall–Kier alpha value is -2.40. The van der Waals surface area contributed by atoms with E-state index in [9.17, 15) is 4.79 Å². The van der Waals surface area contributed by atoms with Gasteiger partial charge in [-0.2, -0.15) is 0 Å². The summed E-state index contributed by atoms with van der Waals surface area (Å²) >= 11 is 0. The van der Waals surface area contributed by atoms with Gasteiger partial charge in [0, 0.05) is 20.2 Å². The molecule has 5 heteroatoms. The Morgan fingerprint density at radius 2 is 1.91 bits per heavy atom. The number of hydrogen-bond donors (Lipinski definition) is 1. The van der Waals surface area contributed by atoms with Gasteiger partial charge in [-0.05, 0) is 30.5 Å². The van der Waals surface area contributed by atoms with E-state index in [2.05, 4.69) is 15.2 Å².